The number of carbonyl (C=O) groups excluding carboxylic acids is 3. The number of aromatic amines is 1. The molecule has 5 rings (SSSR count). The summed E-state index contributed by atoms with van der Waals surface area (Å²) in [5, 5.41) is 6.54. The fourth-order valence-corrected chi connectivity index (χ4v) is 5.44. The van der Waals surface area contributed by atoms with Crippen LogP contribution in [0.15, 0.2) is 54.6 Å². The van der Waals surface area contributed by atoms with Gasteiger partial charge in [0, 0.05) is 35.8 Å². The van der Waals surface area contributed by atoms with Gasteiger partial charge in [0.1, 0.15) is 17.5 Å². The van der Waals surface area contributed by atoms with E-state index in [2.05, 4.69) is 21.5 Å². The summed E-state index contributed by atoms with van der Waals surface area (Å²) in [6.07, 6.45) is 7.27. The molecule has 0 radical (unpaired) electrons. The number of fused-ring (bicyclic) bond motifs is 1. The van der Waals surface area contributed by atoms with Crippen molar-refractivity contribution < 1.29 is 19.1 Å². The molecule has 0 spiro atoms. The molecule has 3 aromatic rings. The van der Waals surface area contributed by atoms with Crippen LogP contribution in [0.25, 0.3) is 10.9 Å². The summed E-state index contributed by atoms with van der Waals surface area (Å²) in [5.74, 6) is 2.47. The number of rotatable bonds is 7. The van der Waals surface area contributed by atoms with E-state index in [1.165, 1.54) is 0 Å². The Balaban J connectivity index is 1.40. The molecule has 4 unspecified atom stereocenters. The van der Waals surface area contributed by atoms with Gasteiger partial charge in [0.2, 0.25) is 11.8 Å². The summed E-state index contributed by atoms with van der Waals surface area (Å²) in [5.41, 5.74) is 2.25. The van der Waals surface area contributed by atoms with Gasteiger partial charge < -0.3 is 25.3 Å². The highest BCUT2D eigenvalue weighted by Crippen LogP contribution is 2.34. The lowest BCUT2D eigenvalue weighted by atomic mass is 9.95. The Morgan fingerprint density at radius 3 is 2.73 bits per heavy atom. The predicted molar refractivity (Wildman–Crippen MR) is 140 cm³/mol. The number of nitrogens with zero attached hydrogens (tertiary/aromatic N) is 1. The van der Waals surface area contributed by atoms with Crippen LogP contribution in [-0.4, -0.2) is 59.9 Å². The van der Waals surface area contributed by atoms with Gasteiger partial charge in [0.15, 0.2) is 0 Å². The fraction of sp³-hybridized carbons (Fsp3) is 0.345. The molecule has 190 valence electrons. The number of amides is 3. The normalized spacial score (nSPS) is 21.9. The maximum atomic E-state index is 13.8. The highest BCUT2D eigenvalue weighted by Gasteiger charge is 2.41. The van der Waals surface area contributed by atoms with Crippen LogP contribution in [0.4, 0.5) is 0 Å². The molecule has 8 nitrogen and oxygen atoms in total. The molecule has 37 heavy (non-hydrogen) atoms. The first-order valence-corrected chi connectivity index (χ1v) is 12.5. The average Bonchev–Trinajstić information content (AvgIpc) is 3.66. The fourth-order valence-electron chi connectivity index (χ4n) is 5.44. The van der Waals surface area contributed by atoms with Crippen molar-refractivity contribution in [3.63, 3.8) is 0 Å². The summed E-state index contributed by atoms with van der Waals surface area (Å²) >= 11 is 0. The largest absolute Gasteiger partial charge is 0.496 e. The van der Waals surface area contributed by atoms with Crippen LogP contribution >= 0.6 is 0 Å². The van der Waals surface area contributed by atoms with Crippen molar-refractivity contribution in [3.8, 4) is 18.1 Å². The molecule has 0 aliphatic carbocycles. The van der Waals surface area contributed by atoms with E-state index in [9.17, 15) is 14.4 Å². The Morgan fingerprint density at radius 1 is 1.22 bits per heavy atom. The van der Waals surface area contributed by atoms with E-state index < -0.39 is 12.1 Å². The molecule has 3 N–H and O–H groups in total. The molecule has 2 aliphatic heterocycles. The summed E-state index contributed by atoms with van der Waals surface area (Å²) < 4.78 is 5.44. The molecule has 2 aromatic carbocycles. The number of hydrogen-bond acceptors (Lipinski definition) is 4. The summed E-state index contributed by atoms with van der Waals surface area (Å²) in [7, 11) is 1.59. The Labute approximate surface area is 215 Å². The third-order valence-electron chi connectivity index (χ3n) is 7.41. The van der Waals surface area contributed by atoms with Crippen molar-refractivity contribution in [3.05, 3.63) is 65.9 Å². The lowest BCUT2D eigenvalue weighted by Crippen LogP contribution is -2.49. The predicted octanol–water partition coefficient (Wildman–Crippen LogP) is 2.82. The van der Waals surface area contributed by atoms with E-state index >= 15 is 0 Å². The number of H-pyrrole nitrogens is 1. The monoisotopic (exact) mass is 498 g/mol. The van der Waals surface area contributed by atoms with Crippen LogP contribution in [0.2, 0.25) is 0 Å². The van der Waals surface area contributed by atoms with E-state index in [-0.39, 0.29) is 29.6 Å². The second-order valence-electron chi connectivity index (χ2n) is 9.66. The van der Waals surface area contributed by atoms with Gasteiger partial charge in [-0.3, -0.25) is 14.4 Å². The molecule has 1 aromatic heterocycles. The first kappa shape index (κ1) is 24.4. The summed E-state index contributed by atoms with van der Waals surface area (Å²) in [6, 6.07) is 16.0. The van der Waals surface area contributed by atoms with Crippen LogP contribution in [0.3, 0.4) is 0 Å². The number of methoxy groups -OCH3 is 1. The Kier molecular flexibility index (Phi) is 6.87. The third-order valence-corrected chi connectivity index (χ3v) is 7.41. The molecule has 2 aliphatic rings. The SMILES string of the molecule is C#CC(CC1CCNC1=O)NC(=O)C1CC(c2ccccc2)CN1C(=O)c1cc2c(OC)cccc2[nH]1. The van der Waals surface area contributed by atoms with Gasteiger partial charge in [-0.15, -0.1) is 6.42 Å². The van der Waals surface area contributed by atoms with Crippen LogP contribution in [0.1, 0.15) is 41.2 Å². The van der Waals surface area contributed by atoms with Gasteiger partial charge >= 0.3 is 0 Å². The molecule has 0 bridgehead atoms. The lowest BCUT2D eigenvalue weighted by molar-refractivity contribution is -0.126. The highest BCUT2D eigenvalue weighted by molar-refractivity contribution is 6.02. The quantitative estimate of drug-likeness (QED) is 0.436. The van der Waals surface area contributed by atoms with Crippen molar-refractivity contribution >= 4 is 28.6 Å². The number of terminal acetylenes is 1. The molecule has 8 heteroatoms. The van der Waals surface area contributed by atoms with Crippen molar-refractivity contribution in [2.75, 3.05) is 20.2 Å². The molecule has 2 saturated heterocycles. The van der Waals surface area contributed by atoms with Crippen LogP contribution < -0.4 is 15.4 Å². The highest BCUT2D eigenvalue weighted by atomic mass is 16.5. The zero-order chi connectivity index (χ0) is 25.9. The van der Waals surface area contributed by atoms with E-state index in [0.29, 0.717) is 43.8 Å². The Bertz CT molecular complexity index is 1360. The van der Waals surface area contributed by atoms with E-state index in [0.717, 1.165) is 16.5 Å². The van der Waals surface area contributed by atoms with Gasteiger partial charge in [-0.1, -0.05) is 42.3 Å². The van der Waals surface area contributed by atoms with E-state index in [4.69, 9.17) is 11.2 Å². The van der Waals surface area contributed by atoms with Gasteiger partial charge in [-0.2, -0.15) is 0 Å². The maximum Gasteiger partial charge on any atom is 0.271 e. The van der Waals surface area contributed by atoms with Crippen molar-refractivity contribution in [2.45, 2.75) is 37.3 Å². The number of ether oxygens (including phenoxy) is 1. The minimum atomic E-state index is -0.695. The second-order valence-corrected chi connectivity index (χ2v) is 9.66. The molecule has 3 amide bonds. The van der Waals surface area contributed by atoms with Crippen LogP contribution in [-0.2, 0) is 9.59 Å². The van der Waals surface area contributed by atoms with E-state index in [1.807, 2.05) is 48.5 Å². The number of hydrogen-bond donors (Lipinski definition) is 3. The minimum absolute atomic E-state index is 0.00436. The van der Waals surface area contributed by atoms with Crippen LogP contribution in [0, 0.1) is 18.3 Å². The van der Waals surface area contributed by atoms with Crippen molar-refractivity contribution in [1.82, 2.24) is 20.5 Å². The Morgan fingerprint density at radius 2 is 2.03 bits per heavy atom. The average molecular weight is 499 g/mol. The van der Waals surface area contributed by atoms with Gasteiger partial charge in [0.05, 0.1) is 13.2 Å². The lowest BCUT2D eigenvalue weighted by Gasteiger charge is -2.25. The Hall–Kier alpha value is -4.25. The standard InChI is InChI=1S/C29H30N4O4/c1-3-21(14-19-12-13-30-27(19)34)31-28(35)25-15-20(18-8-5-4-6-9-18)17-33(25)29(36)24-16-22-23(32-24)10-7-11-26(22)37-2/h1,4-11,16,19-21,25,32H,12-15,17H2,2H3,(H,30,34)(H,31,35). The second kappa shape index (κ2) is 10.4. The molecular formula is C29H30N4O4. The molecule has 3 heterocycles. The zero-order valence-electron chi connectivity index (χ0n) is 20.7. The minimum Gasteiger partial charge on any atom is -0.496 e. The van der Waals surface area contributed by atoms with Crippen molar-refractivity contribution in [1.29, 1.82) is 0 Å². The maximum absolute atomic E-state index is 13.8. The number of benzene rings is 2. The number of carbonyl (C=O) groups is 3. The molecule has 2 fully saturated rings. The zero-order valence-corrected chi connectivity index (χ0v) is 20.7. The summed E-state index contributed by atoms with van der Waals surface area (Å²) in [4.78, 5) is 44.1. The number of nitrogens with one attached hydrogen (secondary N) is 3. The van der Waals surface area contributed by atoms with Gasteiger partial charge in [-0.25, -0.2) is 0 Å². The van der Waals surface area contributed by atoms with E-state index in [1.54, 1.807) is 18.1 Å². The third kappa shape index (κ3) is 4.90. The number of aromatic nitrogens is 1. The van der Waals surface area contributed by atoms with Gasteiger partial charge in [-0.05, 0) is 43.0 Å². The summed E-state index contributed by atoms with van der Waals surface area (Å²) in [6.45, 7) is 1.02. The smallest absolute Gasteiger partial charge is 0.271 e. The van der Waals surface area contributed by atoms with Crippen molar-refractivity contribution in [2.24, 2.45) is 5.92 Å². The van der Waals surface area contributed by atoms with Crippen LogP contribution in [0.5, 0.6) is 5.75 Å². The molecular weight excluding hydrogens is 468 g/mol. The topological polar surface area (TPSA) is 104 Å². The molecule has 0 saturated carbocycles. The first-order chi connectivity index (χ1) is 18.0. The van der Waals surface area contributed by atoms with Gasteiger partial charge in [0.25, 0.3) is 5.91 Å². The number of likely N-dealkylation sites (tertiary alicyclic amines) is 1. The molecule has 4 atom stereocenters. The first-order valence-electron chi connectivity index (χ1n) is 12.5.